The summed E-state index contributed by atoms with van der Waals surface area (Å²) in [5, 5.41) is 12.3. The van der Waals surface area contributed by atoms with Gasteiger partial charge in [0.15, 0.2) is 0 Å². The third kappa shape index (κ3) is 3.99. The summed E-state index contributed by atoms with van der Waals surface area (Å²) in [6.45, 7) is 5.86. The van der Waals surface area contributed by atoms with Gasteiger partial charge in [-0.25, -0.2) is 5.43 Å². The zero-order chi connectivity index (χ0) is 15.2. The Kier molecular flexibility index (Phi) is 5.58. The molecule has 1 aromatic carbocycles. The smallest absolute Gasteiger partial charge is 0.138 e. The normalized spacial score (nSPS) is 13.7. The quantitative estimate of drug-likeness (QED) is 0.362. The van der Waals surface area contributed by atoms with Crippen molar-refractivity contribution in [2.45, 2.75) is 26.8 Å². The molecule has 0 aliphatic rings. The summed E-state index contributed by atoms with van der Waals surface area (Å²) < 4.78 is 0. The third-order valence-corrected chi connectivity index (χ3v) is 2.97. The first-order valence-electron chi connectivity index (χ1n) is 6.50. The Balaban J connectivity index is 3.31. The van der Waals surface area contributed by atoms with Gasteiger partial charge in [0.1, 0.15) is 12.4 Å². The third-order valence-electron chi connectivity index (χ3n) is 2.97. The van der Waals surface area contributed by atoms with Gasteiger partial charge >= 0.3 is 0 Å². The molecule has 0 aliphatic heterocycles. The van der Waals surface area contributed by atoms with Crippen LogP contribution in [-0.2, 0) is 0 Å². The second-order valence-electron chi connectivity index (χ2n) is 5.58. The Morgan fingerprint density at radius 1 is 1.35 bits per heavy atom. The molecule has 1 atom stereocenters. The molecule has 1 rings (SSSR count). The molecule has 0 radical (unpaired) electrons. The first-order valence-corrected chi connectivity index (χ1v) is 6.50. The fourth-order valence-corrected chi connectivity index (χ4v) is 1.92. The molecule has 0 saturated carbocycles. The second kappa shape index (κ2) is 6.96. The Labute approximate surface area is 120 Å². The highest BCUT2D eigenvalue weighted by Gasteiger charge is 2.32. The van der Waals surface area contributed by atoms with Gasteiger partial charge in [-0.15, -0.1) is 0 Å². The fourth-order valence-electron chi connectivity index (χ4n) is 1.92. The van der Waals surface area contributed by atoms with Gasteiger partial charge in [0.25, 0.3) is 0 Å². The van der Waals surface area contributed by atoms with Gasteiger partial charge in [0.2, 0.25) is 0 Å². The van der Waals surface area contributed by atoms with Crippen LogP contribution in [0, 0.1) is 15.7 Å². The van der Waals surface area contributed by atoms with Crippen molar-refractivity contribution >= 4 is 12.4 Å². The Bertz CT molecular complexity index is 476. The minimum atomic E-state index is -0.559. The van der Waals surface area contributed by atoms with Gasteiger partial charge in [0, 0.05) is 7.05 Å². The molecule has 5 heteroatoms. The number of nitrogens with zero attached hydrogens (tertiary/aromatic N) is 2. The minimum Gasteiger partial charge on any atom is -0.290 e. The van der Waals surface area contributed by atoms with E-state index in [1.165, 1.54) is 5.01 Å². The summed E-state index contributed by atoms with van der Waals surface area (Å²) in [5.74, 6) is 0. The molecule has 0 heterocycles. The zero-order valence-electron chi connectivity index (χ0n) is 12.4. The summed E-state index contributed by atoms with van der Waals surface area (Å²) in [6.07, 6.45) is 3.01. The number of nitrogens with one attached hydrogen (secondary N) is 2. The summed E-state index contributed by atoms with van der Waals surface area (Å²) in [4.78, 5) is 11.3. The van der Waals surface area contributed by atoms with E-state index in [0.717, 1.165) is 11.9 Å². The number of rotatable bonds is 6. The fraction of sp³-hybridized carbons (Fsp3) is 0.400. The predicted molar refractivity (Wildman–Crippen MR) is 83.1 cm³/mol. The topological polar surface area (TPSA) is 68.6 Å². The molecule has 2 N–H and O–H groups in total. The van der Waals surface area contributed by atoms with E-state index in [4.69, 9.17) is 5.41 Å². The van der Waals surface area contributed by atoms with Crippen LogP contribution in [0.15, 0.2) is 41.2 Å². The maximum absolute atomic E-state index is 11.3. The van der Waals surface area contributed by atoms with Gasteiger partial charge in [-0.3, -0.25) is 10.4 Å². The number of benzene rings is 1. The van der Waals surface area contributed by atoms with Crippen LogP contribution in [0.3, 0.4) is 0 Å². The number of hydrogen-bond donors (Lipinski definition) is 2. The molecule has 0 bridgehead atoms. The van der Waals surface area contributed by atoms with Crippen LogP contribution < -0.4 is 5.43 Å². The predicted octanol–water partition coefficient (Wildman–Crippen LogP) is 3.25. The van der Waals surface area contributed by atoms with Crippen LogP contribution in [0.4, 0.5) is 0 Å². The lowest BCUT2D eigenvalue weighted by Gasteiger charge is -2.32. The van der Waals surface area contributed by atoms with Gasteiger partial charge in [-0.05, 0) is 17.1 Å². The van der Waals surface area contributed by atoms with E-state index in [1.54, 1.807) is 7.05 Å². The van der Waals surface area contributed by atoms with E-state index < -0.39 is 6.04 Å². The zero-order valence-corrected chi connectivity index (χ0v) is 12.4. The number of hydrogen-bond acceptors (Lipinski definition) is 4. The molecule has 0 aliphatic carbocycles. The van der Waals surface area contributed by atoms with Crippen LogP contribution >= 0.6 is 0 Å². The molecule has 1 aromatic rings. The highest BCUT2D eigenvalue weighted by Crippen LogP contribution is 2.30. The molecule has 20 heavy (non-hydrogen) atoms. The summed E-state index contributed by atoms with van der Waals surface area (Å²) in [7, 11) is 1.70. The van der Waals surface area contributed by atoms with E-state index >= 15 is 0 Å². The maximum Gasteiger partial charge on any atom is 0.138 e. The van der Waals surface area contributed by atoms with Crippen LogP contribution in [0.2, 0.25) is 0 Å². The van der Waals surface area contributed by atoms with E-state index in [2.05, 4.69) is 10.6 Å². The molecule has 0 spiro atoms. The second-order valence-corrected chi connectivity index (χ2v) is 5.58. The summed E-state index contributed by atoms with van der Waals surface area (Å²) in [6, 6.07) is 9.13. The highest BCUT2D eigenvalue weighted by atomic mass is 16.3. The van der Waals surface area contributed by atoms with Crippen molar-refractivity contribution in [1.29, 1.82) is 5.41 Å². The number of nitroso groups, excluding NO2 is 1. The van der Waals surface area contributed by atoms with Crippen molar-refractivity contribution in [1.82, 2.24) is 10.4 Å². The monoisotopic (exact) mass is 274 g/mol. The van der Waals surface area contributed by atoms with Gasteiger partial charge in [0.05, 0.1) is 5.70 Å². The van der Waals surface area contributed by atoms with Gasteiger partial charge in [-0.2, -0.15) is 4.91 Å². The van der Waals surface area contributed by atoms with E-state index in [9.17, 15) is 4.91 Å². The Hall–Kier alpha value is -2.01. The molecular formula is C15H22N4O. The van der Waals surface area contributed by atoms with Crippen molar-refractivity contribution < 1.29 is 0 Å². The SMILES string of the molecule is CNN(C=N)/C(=C/c1ccccc1)C(N=O)C(C)(C)C. The first kappa shape index (κ1) is 16.0. The summed E-state index contributed by atoms with van der Waals surface area (Å²) >= 11 is 0. The van der Waals surface area contributed by atoms with E-state index in [1.807, 2.05) is 57.2 Å². The van der Waals surface area contributed by atoms with Crippen LogP contribution in [-0.4, -0.2) is 24.4 Å². The van der Waals surface area contributed by atoms with Crippen molar-refractivity contribution in [3.05, 3.63) is 46.5 Å². The van der Waals surface area contributed by atoms with Crippen molar-refractivity contribution in [2.24, 2.45) is 10.6 Å². The van der Waals surface area contributed by atoms with Gasteiger partial charge < -0.3 is 0 Å². The average Bonchev–Trinajstić information content (AvgIpc) is 2.40. The molecule has 0 aromatic heterocycles. The lowest BCUT2D eigenvalue weighted by molar-refractivity contribution is 0.293. The maximum atomic E-state index is 11.3. The van der Waals surface area contributed by atoms with Crippen molar-refractivity contribution in [3.8, 4) is 0 Å². The van der Waals surface area contributed by atoms with Crippen LogP contribution in [0.5, 0.6) is 0 Å². The number of hydrazine groups is 1. The molecule has 1 unspecified atom stereocenters. The standard InChI is InChI=1S/C15H22N4O/c1-15(2,3)14(18-20)13(19(11-16)17-4)10-12-8-6-5-7-9-12/h5-11,14,16-17H,1-4H3/b13-10+,16-11?. The lowest BCUT2D eigenvalue weighted by Crippen LogP contribution is -2.41. The average molecular weight is 274 g/mol. The van der Waals surface area contributed by atoms with E-state index in [-0.39, 0.29) is 5.41 Å². The van der Waals surface area contributed by atoms with Crippen molar-refractivity contribution in [2.75, 3.05) is 7.05 Å². The van der Waals surface area contributed by atoms with Crippen molar-refractivity contribution in [3.63, 3.8) is 0 Å². The largest absolute Gasteiger partial charge is 0.290 e. The van der Waals surface area contributed by atoms with Gasteiger partial charge in [-0.1, -0.05) is 56.3 Å². The first-order chi connectivity index (χ1) is 9.43. The molecule has 0 saturated heterocycles. The Morgan fingerprint density at radius 3 is 2.35 bits per heavy atom. The molecule has 0 amide bonds. The molecular weight excluding hydrogens is 252 g/mol. The van der Waals surface area contributed by atoms with Crippen LogP contribution in [0.1, 0.15) is 26.3 Å². The Morgan fingerprint density at radius 2 is 1.95 bits per heavy atom. The molecule has 5 nitrogen and oxygen atoms in total. The van der Waals surface area contributed by atoms with E-state index in [0.29, 0.717) is 5.70 Å². The highest BCUT2D eigenvalue weighted by molar-refractivity contribution is 5.62. The molecule has 0 fully saturated rings. The molecule has 108 valence electrons. The van der Waals surface area contributed by atoms with Crippen LogP contribution in [0.25, 0.3) is 6.08 Å². The lowest BCUT2D eigenvalue weighted by atomic mass is 9.84. The minimum absolute atomic E-state index is 0.333. The summed E-state index contributed by atoms with van der Waals surface area (Å²) in [5.41, 5.74) is 4.16.